The molecule has 0 atom stereocenters. The lowest BCUT2D eigenvalue weighted by molar-refractivity contribution is -0.120. The Kier molecular flexibility index (Phi) is 5.18. The van der Waals surface area contributed by atoms with Crippen molar-refractivity contribution in [2.45, 2.75) is 13.3 Å². The Morgan fingerprint density at radius 3 is 2.67 bits per heavy atom. The summed E-state index contributed by atoms with van der Waals surface area (Å²) >= 11 is 0. The molecular weight excluding hydrogens is 340 g/mol. The van der Waals surface area contributed by atoms with E-state index in [-0.39, 0.29) is 5.78 Å². The molecule has 0 bridgehead atoms. The monoisotopic (exact) mass is 362 g/mol. The van der Waals surface area contributed by atoms with Gasteiger partial charge in [0.2, 0.25) is 0 Å². The Morgan fingerprint density at radius 1 is 1.04 bits per heavy atom. The highest BCUT2D eigenvalue weighted by Gasteiger charge is 2.15. The minimum absolute atomic E-state index is 0.177. The van der Waals surface area contributed by atoms with Gasteiger partial charge in [0.05, 0.1) is 37.9 Å². The van der Waals surface area contributed by atoms with Crippen molar-refractivity contribution in [1.82, 2.24) is 19.9 Å². The van der Waals surface area contributed by atoms with Crippen molar-refractivity contribution >= 4 is 16.7 Å². The van der Waals surface area contributed by atoms with Crippen LogP contribution in [-0.4, -0.2) is 58.5 Å². The molecule has 0 N–H and O–H groups in total. The van der Waals surface area contributed by atoms with Gasteiger partial charge in [-0.05, 0) is 30.7 Å². The second-order valence-corrected chi connectivity index (χ2v) is 6.95. The molecule has 6 nitrogen and oxygen atoms in total. The highest BCUT2D eigenvalue weighted by Crippen LogP contribution is 2.23. The molecule has 6 heteroatoms. The van der Waals surface area contributed by atoms with Crippen LogP contribution in [0.15, 0.2) is 43.0 Å². The number of pyridine rings is 3. The van der Waals surface area contributed by atoms with E-state index in [4.69, 9.17) is 4.74 Å². The van der Waals surface area contributed by atoms with Gasteiger partial charge in [0.25, 0.3) is 0 Å². The standard InChI is InChI=1S/C21H22N4O2/c1-15-6-17(11-22-10-15)18-7-16-8-19(23-13-21(16)24-12-18)9-20(26)14-25-2-4-27-5-3-25/h6-8,10-13H,2-5,9,14H2,1H3. The van der Waals surface area contributed by atoms with Crippen molar-refractivity contribution in [3.05, 3.63) is 54.2 Å². The maximum atomic E-state index is 12.4. The lowest BCUT2D eigenvalue weighted by Crippen LogP contribution is -2.39. The molecule has 3 aromatic heterocycles. The first-order valence-electron chi connectivity index (χ1n) is 9.16. The third kappa shape index (κ3) is 4.35. The first-order chi connectivity index (χ1) is 13.2. The largest absolute Gasteiger partial charge is 0.379 e. The van der Waals surface area contributed by atoms with Gasteiger partial charge in [-0.3, -0.25) is 24.6 Å². The summed E-state index contributed by atoms with van der Waals surface area (Å²) in [5.74, 6) is 0.177. The summed E-state index contributed by atoms with van der Waals surface area (Å²) < 4.78 is 5.33. The van der Waals surface area contributed by atoms with E-state index in [0.29, 0.717) is 26.2 Å². The van der Waals surface area contributed by atoms with Gasteiger partial charge in [0, 0.05) is 53.9 Å². The van der Waals surface area contributed by atoms with Gasteiger partial charge < -0.3 is 4.74 Å². The molecule has 27 heavy (non-hydrogen) atoms. The van der Waals surface area contributed by atoms with Gasteiger partial charge in [-0.1, -0.05) is 0 Å². The normalized spacial score (nSPS) is 15.1. The molecule has 1 aliphatic rings. The highest BCUT2D eigenvalue weighted by molar-refractivity contribution is 5.86. The number of nitrogens with zero attached hydrogens (tertiary/aromatic N) is 4. The zero-order valence-electron chi connectivity index (χ0n) is 15.4. The van der Waals surface area contributed by atoms with Crippen molar-refractivity contribution in [2.24, 2.45) is 0 Å². The Hall–Kier alpha value is -2.70. The number of carbonyl (C=O) groups is 1. The van der Waals surface area contributed by atoms with E-state index in [1.807, 2.05) is 31.6 Å². The first kappa shape index (κ1) is 17.7. The van der Waals surface area contributed by atoms with Crippen molar-refractivity contribution in [3.63, 3.8) is 0 Å². The molecule has 0 unspecified atom stereocenters. The van der Waals surface area contributed by atoms with Crippen LogP contribution in [0, 0.1) is 6.92 Å². The van der Waals surface area contributed by atoms with Gasteiger partial charge in [-0.15, -0.1) is 0 Å². The molecular formula is C21H22N4O2. The molecule has 4 heterocycles. The predicted molar refractivity (Wildman–Crippen MR) is 103 cm³/mol. The van der Waals surface area contributed by atoms with E-state index in [2.05, 4.69) is 32.0 Å². The summed E-state index contributed by atoms with van der Waals surface area (Å²) in [5, 5.41) is 0.984. The number of hydrogen-bond donors (Lipinski definition) is 0. The van der Waals surface area contributed by atoms with Crippen LogP contribution in [0.2, 0.25) is 0 Å². The Labute approximate surface area is 158 Å². The molecule has 4 rings (SSSR count). The zero-order valence-corrected chi connectivity index (χ0v) is 15.4. The number of fused-ring (bicyclic) bond motifs is 1. The van der Waals surface area contributed by atoms with Crippen molar-refractivity contribution in [2.75, 3.05) is 32.8 Å². The highest BCUT2D eigenvalue weighted by atomic mass is 16.5. The van der Waals surface area contributed by atoms with Crippen molar-refractivity contribution < 1.29 is 9.53 Å². The molecule has 1 aliphatic heterocycles. The number of aromatic nitrogens is 3. The summed E-state index contributed by atoms with van der Waals surface area (Å²) in [5.41, 5.74) is 4.75. The predicted octanol–water partition coefficient (Wildman–Crippen LogP) is 2.44. The van der Waals surface area contributed by atoms with Crippen LogP contribution in [0.25, 0.3) is 22.0 Å². The molecule has 3 aromatic rings. The third-order valence-electron chi connectivity index (χ3n) is 4.71. The Morgan fingerprint density at radius 2 is 1.85 bits per heavy atom. The fourth-order valence-electron chi connectivity index (χ4n) is 3.31. The van der Waals surface area contributed by atoms with Crippen molar-refractivity contribution in [3.8, 4) is 11.1 Å². The molecule has 0 aromatic carbocycles. The molecule has 138 valence electrons. The molecule has 0 radical (unpaired) electrons. The van der Waals surface area contributed by atoms with Crippen LogP contribution in [0.3, 0.4) is 0 Å². The van der Waals surface area contributed by atoms with Gasteiger partial charge in [-0.2, -0.15) is 0 Å². The average molecular weight is 362 g/mol. The first-order valence-corrected chi connectivity index (χ1v) is 9.16. The van der Waals surface area contributed by atoms with Crippen molar-refractivity contribution in [1.29, 1.82) is 0 Å². The van der Waals surface area contributed by atoms with Gasteiger partial charge in [0.1, 0.15) is 0 Å². The van der Waals surface area contributed by atoms with E-state index in [9.17, 15) is 4.79 Å². The van der Waals surface area contributed by atoms with Gasteiger partial charge in [-0.25, -0.2) is 0 Å². The van der Waals surface area contributed by atoms with Gasteiger partial charge >= 0.3 is 0 Å². The lowest BCUT2D eigenvalue weighted by Gasteiger charge is -2.25. The summed E-state index contributed by atoms with van der Waals surface area (Å²) in [4.78, 5) is 27.7. The summed E-state index contributed by atoms with van der Waals surface area (Å²) in [6.07, 6.45) is 7.59. The average Bonchev–Trinajstić information content (AvgIpc) is 2.68. The topological polar surface area (TPSA) is 68.2 Å². The number of ether oxygens (including phenoxy) is 1. The second kappa shape index (κ2) is 7.90. The number of Topliss-reactive ketones (excluding diaryl/α,β-unsaturated/α-hetero) is 1. The Balaban J connectivity index is 1.53. The summed E-state index contributed by atoms with van der Waals surface area (Å²) in [6.45, 7) is 5.50. The van der Waals surface area contributed by atoms with Crippen LogP contribution in [0.4, 0.5) is 0 Å². The van der Waals surface area contributed by atoms with E-state index in [1.165, 1.54) is 0 Å². The van der Waals surface area contributed by atoms with Crippen LogP contribution < -0.4 is 0 Å². The van der Waals surface area contributed by atoms with Crippen LogP contribution in [0.5, 0.6) is 0 Å². The summed E-state index contributed by atoms with van der Waals surface area (Å²) in [6, 6.07) is 6.13. The molecule has 0 aliphatic carbocycles. The SMILES string of the molecule is Cc1cncc(-c2cnc3cnc(CC(=O)CN4CCOCC4)cc3c2)c1. The van der Waals surface area contributed by atoms with Crippen LogP contribution in [-0.2, 0) is 16.0 Å². The number of morpholine rings is 1. The minimum atomic E-state index is 0.177. The summed E-state index contributed by atoms with van der Waals surface area (Å²) in [7, 11) is 0. The van der Waals surface area contributed by atoms with E-state index in [0.717, 1.165) is 46.4 Å². The van der Waals surface area contributed by atoms with E-state index in [1.54, 1.807) is 6.20 Å². The molecule has 0 amide bonds. The second-order valence-electron chi connectivity index (χ2n) is 6.95. The maximum absolute atomic E-state index is 12.4. The minimum Gasteiger partial charge on any atom is -0.379 e. The smallest absolute Gasteiger partial charge is 0.152 e. The maximum Gasteiger partial charge on any atom is 0.152 e. The van der Waals surface area contributed by atoms with Crippen LogP contribution >= 0.6 is 0 Å². The van der Waals surface area contributed by atoms with Crippen LogP contribution in [0.1, 0.15) is 11.3 Å². The molecule has 0 saturated carbocycles. The van der Waals surface area contributed by atoms with Gasteiger partial charge in [0.15, 0.2) is 5.78 Å². The molecule has 1 fully saturated rings. The fourth-order valence-corrected chi connectivity index (χ4v) is 3.31. The molecule has 1 saturated heterocycles. The molecule has 0 spiro atoms. The zero-order chi connectivity index (χ0) is 18.6. The fraction of sp³-hybridized carbons (Fsp3) is 0.333. The number of hydrogen-bond acceptors (Lipinski definition) is 6. The number of aryl methyl sites for hydroxylation is 1. The van der Waals surface area contributed by atoms with E-state index >= 15 is 0 Å². The number of carbonyl (C=O) groups excluding carboxylic acids is 1. The third-order valence-corrected chi connectivity index (χ3v) is 4.71. The van der Waals surface area contributed by atoms with E-state index < -0.39 is 0 Å². The number of rotatable bonds is 5. The number of ketones is 1. The quantitative estimate of drug-likeness (QED) is 0.694. The Bertz CT molecular complexity index is 967. The lowest BCUT2D eigenvalue weighted by atomic mass is 10.1.